The molecule has 0 aliphatic rings. The number of fused-ring (bicyclic) bond motifs is 1. The van der Waals surface area contributed by atoms with Crippen molar-refractivity contribution >= 4 is 27.3 Å². The third-order valence-corrected chi connectivity index (χ3v) is 6.50. The monoisotopic (exact) mass is 504 g/mol. The summed E-state index contributed by atoms with van der Waals surface area (Å²) in [5.41, 5.74) is 0.914. The molecule has 8 heteroatoms. The average Bonchev–Trinajstić information content (AvgIpc) is 3.21. The summed E-state index contributed by atoms with van der Waals surface area (Å²) in [6.45, 7) is 1.72. The third kappa shape index (κ3) is 6.35. The molecule has 186 valence electrons. The normalized spacial score (nSPS) is 11.2. The number of nitrogens with one attached hydrogen (secondary N) is 1. The standard InChI is InChI=1S/C28H28N2O5S/c1-30(2)26(33)4-3-15-29-16-17-34-22-10-12-23(13-11-22)35-27-24-14-9-21(32)18-25(24)36-28(27)19-5-7-20(31)8-6-19/h3-14,18,29,31-32H,15-17H2,1-2H3/b4-3-. The van der Waals surface area contributed by atoms with Crippen molar-refractivity contribution in [3.8, 4) is 39.2 Å². The molecule has 0 bridgehead atoms. The van der Waals surface area contributed by atoms with E-state index in [-0.39, 0.29) is 17.4 Å². The van der Waals surface area contributed by atoms with Gasteiger partial charge in [0, 0.05) is 43.3 Å². The first-order valence-electron chi connectivity index (χ1n) is 11.4. The number of ether oxygens (including phenoxy) is 2. The van der Waals surface area contributed by atoms with Crippen molar-refractivity contribution in [2.45, 2.75) is 0 Å². The number of benzene rings is 3. The van der Waals surface area contributed by atoms with Crippen molar-refractivity contribution in [2.75, 3.05) is 33.8 Å². The van der Waals surface area contributed by atoms with E-state index in [1.165, 1.54) is 16.2 Å². The van der Waals surface area contributed by atoms with E-state index >= 15 is 0 Å². The van der Waals surface area contributed by atoms with E-state index in [1.54, 1.807) is 50.5 Å². The second kappa shape index (κ2) is 11.6. The molecular formula is C28H28N2O5S. The molecule has 0 spiro atoms. The number of rotatable bonds is 10. The molecule has 3 aromatic carbocycles. The van der Waals surface area contributed by atoms with Gasteiger partial charge < -0.3 is 29.9 Å². The number of phenols is 2. The fourth-order valence-corrected chi connectivity index (χ4v) is 4.59. The van der Waals surface area contributed by atoms with Gasteiger partial charge in [0.1, 0.15) is 29.6 Å². The molecule has 1 amide bonds. The van der Waals surface area contributed by atoms with Crippen LogP contribution in [0.5, 0.6) is 28.7 Å². The summed E-state index contributed by atoms with van der Waals surface area (Å²) in [5.74, 6) is 2.42. The highest BCUT2D eigenvalue weighted by Gasteiger charge is 2.17. The predicted octanol–water partition coefficient (Wildman–Crippen LogP) is 5.38. The van der Waals surface area contributed by atoms with Crippen molar-refractivity contribution in [2.24, 2.45) is 0 Å². The molecule has 0 saturated carbocycles. The molecule has 0 atom stereocenters. The van der Waals surface area contributed by atoms with Crippen LogP contribution in [0.25, 0.3) is 20.5 Å². The lowest BCUT2D eigenvalue weighted by molar-refractivity contribution is -0.123. The Hall–Kier alpha value is -4.01. The zero-order valence-corrected chi connectivity index (χ0v) is 20.9. The molecule has 0 saturated heterocycles. The van der Waals surface area contributed by atoms with E-state index in [0.717, 1.165) is 26.3 Å². The quantitative estimate of drug-likeness (QED) is 0.198. The summed E-state index contributed by atoms with van der Waals surface area (Å²) >= 11 is 1.52. The number of carbonyl (C=O) groups is 1. The number of nitrogens with zero attached hydrogens (tertiary/aromatic N) is 1. The molecule has 0 aliphatic carbocycles. The Bertz CT molecular complexity index is 1350. The molecule has 0 unspecified atom stereocenters. The van der Waals surface area contributed by atoms with Crippen LogP contribution in [0.3, 0.4) is 0 Å². The maximum atomic E-state index is 11.5. The highest BCUT2D eigenvalue weighted by atomic mass is 32.1. The first-order chi connectivity index (χ1) is 17.4. The van der Waals surface area contributed by atoms with Gasteiger partial charge >= 0.3 is 0 Å². The van der Waals surface area contributed by atoms with E-state index in [2.05, 4.69) is 5.32 Å². The summed E-state index contributed by atoms with van der Waals surface area (Å²) in [5, 5.41) is 23.7. The van der Waals surface area contributed by atoms with Crippen molar-refractivity contribution in [3.05, 3.63) is 78.9 Å². The van der Waals surface area contributed by atoms with Crippen molar-refractivity contribution in [1.82, 2.24) is 10.2 Å². The number of carbonyl (C=O) groups excluding carboxylic acids is 1. The molecule has 4 rings (SSSR count). The maximum absolute atomic E-state index is 11.5. The van der Waals surface area contributed by atoms with Crippen LogP contribution in [0, 0.1) is 0 Å². The highest BCUT2D eigenvalue weighted by molar-refractivity contribution is 7.22. The van der Waals surface area contributed by atoms with E-state index < -0.39 is 0 Å². The number of phenolic OH excluding ortho intramolecular Hbond substituents is 2. The topological polar surface area (TPSA) is 91.3 Å². The van der Waals surface area contributed by atoms with Crippen molar-refractivity contribution in [3.63, 3.8) is 0 Å². The molecule has 1 aromatic heterocycles. The summed E-state index contributed by atoms with van der Waals surface area (Å²) in [6, 6.07) is 19.6. The fraction of sp³-hybridized carbons (Fsp3) is 0.179. The predicted molar refractivity (Wildman–Crippen MR) is 143 cm³/mol. The van der Waals surface area contributed by atoms with Crippen LogP contribution in [0.2, 0.25) is 0 Å². The third-order valence-electron chi connectivity index (χ3n) is 5.31. The number of hydrogen-bond donors (Lipinski definition) is 3. The van der Waals surface area contributed by atoms with Crippen LogP contribution in [0.4, 0.5) is 0 Å². The first-order valence-corrected chi connectivity index (χ1v) is 12.3. The van der Waals surface area contributed by atoms with Gasteiger partial charge in [-0.05, 0) is 72.3 Å². The number of hydrogen-bond acceptors (Lipinski definition) is 7. The number of thiophene rings is 1. The van der Waals surface area contributed by atoms with Crippen LogP contribution in [0.1, 0.15) is 0 Å². The maximum Gasteiger partial charge on any atom is 0.245 e. The molecular weight excluding hydrogens is 476 g/mol. The van der Waals surface area contributed by atoms with Gasteiger partial charge in [0.2, 0.25) is 5.91 Å². The van der Waals surface area contributed by atoms with Crippen LogP contribution >= 0.6 is 11.3 Å². The van der Waals surface area contributed by atoms with Gasteiger partial charge in [0.25, 0.3) is 0 Å². The highest BCUT2D eigenvalue weighted by Crippen LogP contribution is 2.47. The Morgan fingerprint density at radius 2 is 1.67 bits per heavy atom. The smallest absolute Gasteiger partial charge is 0.245 e. The lowest BCUT2D eigenvalue weighted by atomic mass is 10.1. The Kier molecular flexibility index (Phi) is 8.10. The van der Waals surface area contributed by atoms with E-state index in [9.17, 15) is 15.0 Å². The second-order valence-corrected chi connectivity index (χ2v) is 9.30. The Labute approximate surface area is 213 Å². The van der Waals surface area contributed by atoms with Gasteiger partial charge in [0.05, 0.1) is 4.88 Å². The second-order valence-electron chi connectivity index (χ2n) is 8.25. The first kappa shape index (κ1) is 25.1. The molecule has 0 aliphatic heterocycles. The Morgan fingerprint density at radius 1 is 0.972 bits per heavy atom. The average molecular weight is 505 g/mol. The SMILES string of the molecule is CN(C)C(=O)/C=C\CNCCOc1ccc(Oc2c(-c3ccc(O)cc3)sc3cc(O)ccc23)cc1. The zero-order chi connectivity index (χ0) is 25.5. The van der Waals surface area contributed by atoms with Gasteiger partial charge in [-0.3, -0.25) is 4.79 Å². The van der Waals surface area contributed by atoms with Crippen LogP contribution in [-0.2, 0) is 4.79 Å². The Morgan fingerprint density at radius 3 is 2.39 bits per heavy atom. The Balaban J connectivity index is 1.39. The number of likely N-dealkylation sites (N-methyl/N-ethyl adjacent to an activating group) is 1. The lowest BCUT2D eigenvalue weighted by Crippen LogP contribution is -2.22. The van der Waals surface area contributed by atoms with Gasteiger partial charge in [-0.1, -0.05) is 6.08 Å². The molecule has 3 N–H and O–H groups in total. The summed E-state index contributed by atoms with van der Waals surface area (Å²) in [7, 11) is 3.43. The zero-order valence-electron chi connectivity index (χ0n) is 20.1. The minimum atomic E-state index is -0.0425. The van der Waals surface area contributed by atoms with Gasteiger partial charge in [-0.15, -0.1) is 11.3 Å². The molecule has 7 nitrogen and oxygen atoms in total. The lowest BCUT2D eigenvalue weighted by Gasteiger charge is -2.10. The number of aromatic hydroxyl groups is 2. The summed E-state index contributed by atoms with van der Waals surface area (Å²) < 4.78 is 13.0. The molecule has 4 aromatic rings. The fourth-order valence-electron chi connectivity index (χ4n) is 3.42. The molecule has 36 heavy (non-hydrogen) atoms. The van der Waals surface area contributed by atoms with E-state index in [4.69, 9.17) is 9.47 Å². The van der Waals surface area contributed by atoms with E-state index in [1.807, 2.05) is 42.5 Å². The van der Waals surface area contributed by atoms with Gasteiger partial charge in [0.15, 0.2) is 5.75 Å². The molecule has 1 heterocycles. The van der Waals surface area contributed by atoms with E-state index in [0.29, 0.717) is 31.2 Å². The van der Waals surface area contributed by atoms with Gasteiger partial charge in [-0.25, -0.2) is 0 Å². The molecule has 0 fully saturated rings. The van der Waals surface area contributed by atoms with Gasteiger partial charge in [-0.2, -0.15) is 0 Å². The van der Waals surface area contributed by atoms with Crippen molar-refractivity contribution < 1.29 is 24.5 Å². The van der Waals surface area contributed by atoms with Crippen LogP contribution in [-0.4, -0.2) is 54.8 Å². The number of amides is 1. The van der Waals surface area contributed by atoms with Crippen LogP contribution in [0.15, 0.2) is 78.9 Å². The van der Waals surface area contributed by atoms with Crippen molar-refractivity contribution in [1.29, 1.82) is 0 Å². The summed E-state index contributed by atoms with van der Waals surface area (Å²) in [6.07, 6.45) is 3.33. The minimum Gasteiger partial charge on any atom is -0.508 e. The largest absolute Gasteiger partial charge is 0.508 e. The van der Waals surface area contributed by atoms with Crippen LogP contribution < -0.4 is 14.8 Å². The minimum absolute atomic E-state index is 0.0425. The summed E-state index contributed by atoms with van der Waals surface area (Å²) in [4.78, 5) is 13.9. The molecule has 0 radical (unpaired) electrons.